The fourth-order valence-corrected chi connectivity index (χ4v) is 2.02. The zero-order chi connectivity index (χ0) is 14.7. The van der Waals surface area contributed by atoms with Gasteiger partial charge in [0.2, 0.25) is 0 Å². The lowest BCUT2D eigenvalue weighted by Crippen LogP contribution is -2.22. The summed E-state index contributed by atoms with van der Waals surface area (Å²) in [5.41, 5.74) is 10.4. The number of nitrogens with one attached hydrogen (secondary N) is 1. The highest BCUT2D eigenvalue weighted by atomic mass is 16.3. The van der Waals surface area contributed by atoms with Gasteiger partial charge in [-0.2, -0.15) is 0 Å². The summed E-state index contributed by atoms with van der Waals surface area (Å²) in [6.07, 6.45) is 0. The Morgan fingerprint density at radius 2 is 1.90 bits per heavy atom. The van der Waals surface area contributed by atoms with E-state index in [2.05, 4.69) is 36.3 Å². The number of guanidine groups is 1. The molecule has 0 fully saturated rings. The fraction of sp³-hybridized carbons (Fsp3) is 0.312. The van der Waals surface area contributed by atoms with E-state index >= 15 is 0 Å². The summed E-state index contributed by atoms with van der Waals surface area (Å²) in [7, 11) is 0. The molecule has 0 radical (unpaired) electrons. The molecule has 4 heteroatoms. The van der Waals surface area contributed by atoms with Crippen LogP contribution in [0.2, 0.25) is 0 Å². The molecule has 1 aromatic carbocycles. The quantitative estimate of drug-likeness (QED) is 0.664. The van der Waals surface area contributed by atoms with E-state index in [1.807, 2.05) is 26.0 Å². The molecule has 0 aliphatic heterocycles. The number of anilines is 1. The van der Waals surface area contributed by atoms with Crippen LogP contribution in [0.5, 0.6) is 0 Å². The van der Waals surface area contributed by atoms with Crippen molar-refractivity contribution in [3.8, 4) is 0 Å². The second kappa shape index (κ2) is 5.82. The first-order valence-corrected chi connectivity index (χ1v) is 6.66. The number of aryl methyl sites for hydroxylation is 4. The van der Waals surface area contributed by atoms with Gasteiger partial charge in [0.15, 0.2) is 5.96 Å². The maximum atomic E-state index is 5.91. The van der Waals surface area contributed by atoms with Gasteiger partial charge in [0.1, 0.15) is 11.5 Å². The van der Waals surface area contributed by atoms with Gasteiger partial charge in [0.25, 0.3) is 0 Å². The highest BCUT2D eigenvalue weighted by Gasteiger charge is 2.04. The van der Waals surface area contributed by atoms with E-state index in [1.54, 1.807) is 0 Å². The number of furan rings is 1. The third-order valence-corrected chi connectivity index (χ3v) is 3.34. The van der Waals surface area contributed by atoms with Crippen LogP contribution in [-0.2, 0) is 6.54 Å². The topological polar surface area (TPSA) is 63.5 Å². The van der Waals surface area contributed by atoms with Crippen molar-refractivity contribution >= 4 is 11.6 Å². The number of aliphatic imine (C=N–C) groups is 1. The molecule has 0 atom stereocenters. The molecule has 2 rings (SSSR count). The molecule has 106 valence electrons. The summed E-state index contributed by atoms with van der Waals surface area (Å²) in [5, 5.41) is 3.10. The van der Waals surface area contributed by atoms with Crippen LogP contribution in [-0.4, -0.2) is 5.96 Å². The minimum Gasteiger partial charge on any atom is -0.466 e. The first kappa shape index (κ1) is 14.2. The molecule has 3 N–H and O–H groups in total. The van der Waals surface area contributed by atoms with Gasteiger partial charge in [0.05, 0.1) is 6.54 Å². The molecular weight excluding hydrogens is 250 g/mol. The molecule has 4 nitrogen and oxygen atoms in total. The molecule has 0 bridgehead atoms. The Balaban J connectivity index is 2.03. The Hall–Kier alpha value is -2.23. The predicted octanol–water partition coefficient (Wildman–Crippen LogP) is 3.44. The second-order valence-electron chi connectivity index (χ2n) is 5.06. The molecule has 2 aromatic rings. The maximum Gasteiger partial charge on any atom is 0.193 e. The van der Waals surface area contributed by atoms with Gasteiger partial charge < -0.3 is 15.5 Å². The second-order valence-corrected chi connectivity index (χ2v) is 5.06. The lowest BCUT2D eigenvalue weighted by molar-refractivity contribution is 0.501. The zero-order valence-electron chi connectivity index (χ0n) is 12.4. The predicted molar refractivity (Wildman–Crippen MR) is 83.0 cm³/mol. The van der Waals surface area contributed by atoms with E-state index in [0.29, 0.717) is 12.5 Å². The molecule has 0 saturated heterocycles. The van der Waals surface area contributed by atoms with E-state index in [0.717, 1.165) is 22.8 Å². The maximum absolute atomic E-state index is 5.91. The summed E-state index contributed by atoms with van der Waals surface area (Å²) in [5.74, 6) is 2.20. The number of nitrogens with zero attached hydrogens (tertiary/aromatic N) is 1. The smallest absolute Gasteiger partial charge is 0.193 e. The number of hydrogen-bond acceptors (Lipinski definition) is 2. The lowest BCUT2D eigenvalue weighted by atomic mass is 10.1. The van der Waals surface area contributed by atoms with Crippen LogP contribution in [0.1, 0.15) is 28.2 Å². The van der Waals surface area contributed by atoms with Gasteiger partial charge in [-0.05, 0) is 57.0 Å². The largest absolute Gasteiger partial charge is 0.466 e. The van der Waals surface area contributed by atoms with Crippen molar-refractivity contribution in [1.29, 1.82) is 0 Å². The highest BCUT2D eigenvalue weighted by molar-refractivity contribution is 5.92. The molecule has 0 unspecified atom stereocenters. The number of benzene rings is 1. The molecule has 0 aliphatic rings. The van der Waals surface area contributed by atoms with Crippen LogP contribution >= 0.6 is 0 Å². The van der Waals surface area contributed by atoms with Crippen molar-refractivity contribution in [3.05, 3.63) is 52.5 Å². The van der Waals surface area contributed by atoms with Crippen LogP contribution in [0, 0.1) is 27.7 Å². The van der Waals surface area contributed by atoms with E-state index in [-0.39, 0.29) is 0 Å². The van der Waals surface area contributed by atoms with E-state index in [1.165, 1.54) is 11.1 Å². The third-order valence-electron chi connectivity index (χ3n) is 3.34. The molecule has 0 saturated carbocycles. The Labute approximate surface area is 119 Å². The molecule has 1 aromatic heterocycles. The summed E-state index contributed by atoms with van der Waals surface area (Å²) in [6, 6.07) is 8.11. The highest BCUT2D eigenvalue weighted by Crippen LogP contribution is 2.15. The van der Waals surface area contributed by atoms with Crippen LogP contribution in [0.15, 0.2) is 33.7 Å². The SMILES string of the molecule is Cc1cc(CN=C(N)Nc2ccc(C)c(C)c2)c(C)o1. The summed E-state index contributed by atoms with van der Waals surface area (Å²) >= 11 is 0. The monoisotopic (exact) mass is 271 g/mol. The van der Waals surface area contributed by atoms with Gasteiger partial charge in [-0.25, -0.2) is 4.99 Å². The molecule has 0 aliphatic carbocycles. The van der Waals surface area contributed by atoms with Crippen LogP contribution in [0.4, 0.5) is 5.69 Å². The Kier molecular flexibility index (Phi) is 4.13. The minimum absolute atomic E-state index is 0.409. The standard InChI is InChI=1S/C16H21N3O/c1-10-5-6-15(7-11(10)2)19-16(17)18-9-14-8-12(3)20-13(14)4/h5-8H,9H2,1-4H3,(H3,17,18,19). The van der Waals surface area contributed by atoms with Crippen molar-refractivity contribution < 1.29 is 4.42 Å². The van der Waals surface area contributed by atoms with E-state index in [9.17, 15) is 0 Å². The Morgan fingerprint density at radius 1 is 1.15 bits per heavy atom. The molecular formula is C16H21N3O. The lowest BCUT2D eigenvalue weighted by Gasteiger charge is -2.08. The van der Waals surface area contributed by atoms with Crippen LogP contribution < -0.4 is 11.1 Å². The third kappa shape index (κ3) is 3.41. The van der Waals surface area contributed by atoms with Crippen molar-refractivity contribution in [2.45, 2.75) is 34.2 Å². The summed E-state index contributed by atoms with van der Waals surface area (Å²) < 4.78 is 5.46. The van der Waals surface area contributed by atoms with Gasteiger partial charge in [-0.1, -0.05) is 6.07 Å². The Morgan fingerprint density at radius 3 is 2.50 bits per heavy atom. The van der Waals surface area contributed by atoms with Crippen LogP contribution in [0.25, 0.3) is 0 Å². The zero-order valence-corrected chi connectivity index (χ0v) is 12.4. The number of hydrogen-bond donors (Lipinski definition) is 2. The van der Waals surface area contributed by atoms with E-state index < -0.39 is 0 Å². The first-order valence-electron chi connectivity index (χ1n) is 6.66. The summed E-state index contributed by atoms with van der Waals surface area (Å²) in [6.45, 7) is 8.54. The fourth-order valence-electron chi connectivity index (χ4n) is 2.02. The van der Waals surface area contributed by atoms with Crippen molar-refractivity contribution in [3.63, 3.8) is 0 Å². The normalized spacial score (nSPS) is 11.7. The van der Waals surface area contributed by atoms with Gasteiger partial charge in [-0.15, -0.1) is 0 Å². The van der Waals surface area contributed by atoms with Crippen LogP contribution in [0.3, 0.4) is 0 Å². The molecule has 1 heterocycles. The average Bonchev–Trinajstić information content (AvgIpc) is 2.70. The van der Waals surface area contributed by atoms with E-state index in [4.69, 9.17) is 10.2 Å². The van der Waals surface area contributed by atoms with Gasteiger partial charge >= 0.3 is 0 Å². The molecule has 0 amide bonds. The van der Waals surface area contributed by atoms with Crippen molar-refractivity contribution in [1.82, 2.24) is 0 Å². The van der Waals surface area contributed by atoms with Crippen molar-refractivity contribution in [2.24, 2.45) is 10.7 Å². The number of nitrogens with two attached hydrogens (primary N) is 1. The van der Waals surface area contributed by atoms with Gasteiger partial charge in [0, 0.05) is 11.3 Å². The van der Waals surface area contributed by atoms with Gasteiger partial charge in [-0.3, -0.25) is 0 Å². The Bertz CT molecular complexity index is 641. The minimum atomic E-state index is 0.409. The first-order chi connectivity index (χ1) is 9.45. The molecule has 20 heavy (non-hydrogen) atoms. The average molecular weight is 271 g/mol. The summed E-state index contributed by atoms with van der Waals surface area (Å²) in [4.78, 5) is 4.34. The van der Waals surface area contributed by atoms with Crippen molar-refractivity contribution in [2.75, 3.05) is 5.32 Å². The number of rotatable bonds is 3. The molecule has 0 spiro atoms.